The van der Waals surface area contributed by atoms with Crippen LogP contribution in [0.3, 0.4) is 0 Å². The molecule has 1 aromatic carbocycles. The number of nitrogens with zero attached hydrogens (tertiary/aromatic N) is 2. The molecule has 0 unspecified atom stereocenters. The van der Waals surface area contributed by atoms with Crippen molar-refractivity contribution >= 4 is 11.6 Å². The Bertz CT molecular complexity index is 416. The first-order valence-corrected chi connectivity index (χ1v) is 6.54. The highest BCUT2D eigenvalue weighted by Crippen LogP contribution is 2.18. The molecule has 0 aliphatic carbocycles. The predicted octanol–water partition coefficient (Wildman–Crippen LogP) is 2.87. The largest absolute Gasteiger partial charge is 0.497 e. The van der Waals surface area contributed by atoms with Crippen molar-refractivity contribution in [2.24, 2.45) is 0 Å². The number of benzene rings is 1. The highest BCUT2D eigenvalue weighted by molar-refractivity contribution is 6.29. The van der Waals surface area contributed by atoms with Crippen LogP contribution in [0.1, 0.15) is 12.5 Å². The molecule has 1 aliphatic rings. The molecule has 0 aromatic heterocycles. The van der Waals surface area contributed by atoms with Gasteiger partial charge in [-0.2, -0.15) is 0 Å². The number of halogens is 1. The molecule has 1 aliphatic heterocycles. The molecule has 0 N–H and O–H groups in total. The van der Waals surface area contributed by atoms with Crippen LogP contribution in [0.2, 0.25) is 0 Å². The number of methoxy groups -OCH3 is 1. The molecule has 1 heterocycles. The highest BCUT2D eigenvalue weighted by atomic mass is 35.5. The second kappa shape index (κ2) is 6.12. The maximum atomic E-state index is 6.16. The number of hydrogen-bond donors (Lipinski definition) is 0. The van der Waals surface area contributed by atoms with Gasteiger partial charge in [0.05, 0.1) is 13.8 Å². The third-order valence-electron chi connectivity index (χ3n) is 3.07. The first kappa shape index (κ1) is 13.2. The van der Waals surface area contributed by atoms with Gasteiger partial charge in [-0.3, -0.25) is 4.90 Å². The van der Waals surface area contributed by atoms with Crippen LogP contribution < -0.4 is 4.74 Å². The summed E-state index contributed by atoms with van der Waals surface area (Å²) >= 11 is 6.16. The smallest absolute Gasteiger partial charge is 0.118 e. The summed E-state index contributed by atoms with van der Waals surface area (Å²) in [7, 11) is 1.68. The van der Waals surface area contributed by atoms with Gasteiger partial charge in [0.1, 0.15) is 5.75 Å². The average molecular weight is 267 g/mol. The van der Waals surface area contributed by atoms with Crippen molar-refractivity contribution < 1.29 is 4.74 Å². The topological polar surface area (TPSA) is 15.7 Å². The molecule has 0 radical (unpaired) electrons. The molecule has 0 amide bonds. The third kappa shape index (κ3) is 3.40. The van der Waals surface area contributed by atoms with E-state index in [0.29, 0.717) is 0 Å². The van der Waals surface area contributed by atoms with E-state index in [2.05, 4.69) is 28.9 Å². The second-order valence-electron chi connectivity index (χ2n) is 4.46. The van der Waals surface area contributed by atoms with Gasteiger partial charge in [0, 0.05) is 24.3 Å². The molecule has 1 aromatic rings. The van der Waals surface area contributed by atoms with Crippen LogP contribution >= 0.6 is 11.6 Å². The zero-order valence-corrected chi connectivity index (χ0v) is 11.7. The molecule has 0 saturated carbocycles. The van der Waals surface area contributed by atoms with Crippen molar-refractivity contribution in [2.45, 2.75) is 13.5 Å². The molecule has 0 bridgehead atoms. The molecule has 98 valence electrons. The van der Waals surface area contributed by atoms with Crippen LogP contribution in [0.5, 0.6) is 5.75 Å². The van der Waals surface area contributed by atoms with Gasteiger partial charge in [-0.15, -0.1) is 0 Å². The normalized spacial score (nSPS) is 16.6. The SMILES string of the molecule is CCN1CC(Cl)=CN(Cc2ccc(OC)cc2)C1. The van der Waals surface area contributed by atoms with Crippen LogP contribution in [-0.4, -0.2) is 36.7 Å². The van der Waals surface area contributed by atoms with Crippen molar-refractivity contribution in [3.8, 4) is 5.75 Å². The summed E-state index contributed by atoms with van der Waals surface area (Å²) in [6, 6.07) is 8.15. The summed E-state index contributed by atoms with van der Waals surface area (Å²) in [5, 5.41) is 0.900. The molecular formula is C14H19ClN2O. The Morgan fingerprint density at radius 1 is 1.28 bits per heavy atom. The van der Waals surface area contributed by atoms with Gasteiger partial charge < -0.3 is 9.64 Å². The van der Waals surface area contributed by atoms with Gasteiger partial charge in [0.15, 0.2) is 0 Å². The second-order valence-corrected chi connectivity index (χ2v) is 4.94. The van der Waals surface area contributed by atoms with Crippen molar-refractivity contribution in [3.63, 3.8) is 0 Å². The summed E-state index contributed by atoms with van der Waals surface area (Å²) in [6.07, 6.45) is 2.04. The molecule has 0 atom stereocenters. The van der Waals surface area contributed by atoms with E-state index in [1.165, 1.54) is 5.56 Å². The number of ether oxygens (including phenoxy) is 1. The van der Waals surface area contributed by atoms with E-state index in [4.69, 9.17) is 16.3 Å². The van der Waals surface area contributed by atoms with E-state index < -0.39 is 0 Å². The lowest BCUT2D eigenvalue weighted by molar-refractivity contribution is 0.169. The number of hydrogen-bond acceptors (Lipinski definition) is 3. The molecule has 3 nitrogen and oxygen atoms in total. The van der Waals surface area contributed by atoms with Crippen LogP contribution in [-0.2, 0) is 6.54 Å². The van der Waals surface area contributed by atoms with Gasteiger partial charge >= 0.3 is 0 Å². The van der Waals surface area contributed by atoms with Crippen molar-refractivity contribution in [1.82, 2.24) is 9.80 Å². The quantitative estimate of drug-likeness (QED) is 0.834. The third-order valence-corrected chi connectivity index (χ3v) is 3.29. The standard InChI is InChI=1S/C14H19ClN2O/c1-3-16-9-13(15)10-17(11-16)8-12-4-6-14(18-2)7-5-12/h4-7,10H,3,8-9,11H2,1-2H3. The van der Waals surface area contributed by atoms with Crippen LogP contribution in [0.25, 0.3) is 0 Å². The number of likely N-dealkylation sites (N-methyl/N-ethyl adjacent to an activating group) is 1. The zero-order valence-electron chi connectivity index (χ0n) is 10.9. The van der Waals surface area contributed by atoms with Gasteiger partial charge in [-0.05, 0) is 24.2 Å². The zero-order chi connectivity index (χ0) is 13.0. The minimum atomic E-state index is 0.858. The Hall–Kier alpha value is -1.19. The maximum absolute atomic E-state index is 6.16. The van der Waals surface area contributed by atoms with Crippen LogP contribution in [0, 0.1) is 0 Å². The summed E-state index contributed by atoms with van der Waals surface area (Å²) in [6.45, 7) is 5.83. The van der Waals surface area contributed by atoms with E-state index in [1.54, 1.807) is 7.11 Å². The van der Waals surface area contributed by atoms with Gasteiger partial charge in [-0.1, -0.05) is 30.7 Å². The fourth-order valence-electron chi connectivity index (χ4n) is 2.07. The van der Waals surface area contributed by atoms with Crippen molar-refractivity contribution in [3.05, 3.63) is 41.1 Å². The molecule has 0 fully saturated rings. The first-order chi connectivity index (χ1) is 8.71. The van der Waals surface area contributed by atoms with E-state index in [9.17, 15) is 0 Å². The van der Waals surface area contributed by atoms with E-state index in [1.807, 2.05) is 18.3 Å². The van der Waals surface area contributed by atoms with Crippen molar-refractivity contribution in [1.29, 1.82) is 0 Å². The molecule has 18 heavy (non-hydrogen) atoms. The Morgan fingerprint density at radius 2 is 2.00 bits per heavy atom. The van der Waals surface area contributed by atoms with Gasteiger partial charge in [0.2, 0.25) is 0 Å². The predicted molar refractivity (Wildman–Crippen MR) is 74.6 cm³/mol. The average Bonchev–Trinajstić information content (AvgIpc) is 2.39. The Labute approximate surface area is 114 Å². The summed E-state index contributed by atoms with van der Waals surface area (Å²) in [5.41, 5.74) is 1.26. The molecular weight excluding hydrogens is 248 g/mol. The van der Waals surface area contributed by atoms with Gasteiger partial charge in [0.25, 0.3) is 0 Å². The maximum Gasteiger partial charge on any atom is 0.118 e. The monoisotopic (exact) mass is 266 g/mol. The minimum absolute atomic E-state index is 0.858. The summed E-state index contributed by atoms with van der Waals surface area (Å²) < 4.78 is 5.16. The van der Waals surface area contributed by atoms with E-state index in [-0.39, 0.29) is 0 Å². The van der Waals surface area contributed by atoms with Crippen LogP contribution in [0.4, 0.5) is 0 Å². The first-order valence-electron chi connectivity index (χ1n) is 6.16. The van der Waals surface area contributed by atoms with E-state index >= 15 is 0 Å². The molecule has 2 rings (SSSR count). The molecule has 0 spiro atoms. The molecule has 0 saturated heterocycles. The highest BCUT2D eigenvalue weighted by Gasteiger charge is 2.15. The molecule has 4 heteroatoms. The lowest BCUT2D eigenvalue weighted by atomic mass is 10.2. The van der Waals surface area contributed by atoms with Crippen molar-refractivity contribution in [2.75, 3.05) is 26.9 Å². The van der Waals surface area contributed by atoms with E-state index in [0.717, 1.165) is 37.1 Å². The Balaban J connectivity index is 2.01. The lowest BCUT2D eigenvalue weighted by Gasteiger charge is -2.33. The summed E-state index contributed by atoms with van der Waals surface area (Å²) in [5.74, 6) is 0.890. The fraction of sp³-hybridized carbons (Fsp3) is 0.429. The Kier molecular flexibility index (Phi) is 4.50. The van der Waals surface area contributed by atoms with Gasteiger partial charge in [-0.25, -0.2) is 0 Å². The fourth-order valence-corrected chi connectivity index (χ4v) is 2.38. The summed E-state index contributed by atoms with van der Waals surface area (Å²) in [4.78, 5) is 4.54. The van der Waals surface area contributed by atoms with Crippen LogP contribution in [0.15, 0.2) is 35.5 Å². The minimum Gasteiger partial charge on any atom is -0.497 e. The number of rotatable bonds is 4. The lowest BCUT2D eigenvalue weighted by Crippen LogP contribution is -2.39. The Morgan fingerprint density at radius 3 is 2.61 bits per heavy atom.